The summed E-state index contributed by atoms with van der Waals surface area (Å²) in [6.45, 7) is 1.57. The first kappa shape index (κ1) is 14.6. The van der Waals surface area contributed by atoms with Gasteiger partial charge in [0.25, 0.3) is 0 Å². The van der Waals surface area contributed by atoms with E-state index in [4.69, 9.17) is 5.11 Å². The monoisotopic (exact) mass is 293 g/mol. The highest BCUT2D eigenvalue weighted by molar-refractivity contribution is 7.89. The van der Waals surface area contributed by atoms with Crippen molar-refractivity contribution in [3.63, 3.8) is 0 Å². The van der Waals surface area contributed by atoms with Crippen LogP contribution >= 0.6 is 0 Å². The Morgan fingerprint density at radius 3 is 2.75 bits per heavy atom. The Hall–Kier alpha value is -1.83. The zero-order chi connectivity index (χ0) is 14.6. The van der Waals surface area contributed by atoms with Crippen LogP contribution in [-0.2, 0) is 23.2 Å². The van der Waals surface area contributed by atoms with Gasteiger partial charge >= 0.3 is 0 Å². The Bertz CT molecular complexity index is 687. The number of hydrogen-bond donors (Lipinski definition) is 2. The number of hydrogen-bond acceptors (Lipinski definition) is 5. The summed E-state index contributed by atoms with van der Waals surface area (Å²) in [5.74, 6) is 0. The maximum atomic E-state index is 12.3. The summed E-state index contributed by atoms with van der Waals surface area (Å²) in [5, 5.41) is 16.6. The molecular weight excluding hydrogens is 278 g/mol. The molecule has 0 unspecified atom stereocenters. The molecule has 0 fully saturated rings. The van der Waals surface area contributed by atoms with Crippen LogP contribution in [0.1, 0.15) is 16.8 Å². The third-order valence-electron chi connectivity index (χ3n) is 2.80. The van der Waals surface area contributed by atoms with Crippen molar-refractivity contribution >= 4 is 10.0 Å². The van der Waals surface area contributed by atoms with Gasteiger partial charge in [-0.1, -0.05) is 12.1 Å². The zero-order valence-corrected chi connectivity index (χ0v) is 11.8. The number of nitrogens with one attached hydrogen (secondary N) is 1. The Balaban J connectivity index is 2.22. The summed E-state index contributed by atoms with van der Waals surface area (Å²) in [4.78, 5) is 0.160. The highest BCUT2D eigenvalue weighted by Gasteiger charge is 2.17. The molecule has 0 spiro atoms. The second-order valence-corrected chi connectivity index (χ2v) is 6.03. The van der Waals surface area contributed by atoms with Gasteiger partial charge in [0.1, 0.15) is 0 Å². The average molecular weight is 293 g/mol. The molecule has 2 N–H and O–H groups in total. The van der Waals surface area contributed by atoms with Crippen LogP contribution in [0.25, 0.3) is 0 Å². The van der Waals surface area contributed by atoms with E-state index in [0.29, 0.717) is 16.8 Å². The minimum atomic E-state index is -3.65. The minimum Gasteiger partial charge on any atom is -0.392 e. The fourth-order valence-corrected chi connectivity index (χ4v) is 3.00. The molecule has 20 heavy (non-hydrogen) atoms. The highest BCUT2D eigenvalue weighted by atomic mass is 32.2. The molecule has 2 aromatic rings. The standard InChI is InChI=1S/C13H15N3O3S/c1-10-4-5-11(9-17)7-13(10)20(18,19)15-8-12-3-2-6-14-16-12/h2-7,15,17H,8-9H2,1H3. The van der Waals surface area contributed by atoms with Gasteiger partial charge < -0.3 is 5.11 Å². The van der Waals surface area contributed by atoms with Crippen LogP contribution in [0.2, 0.25) is 0 Å². The van der Waals surface area contributed by atoms with Crippen LogP contribution in [0.4, 0.5) is 0 Å². The maximum absolute atomic E-state index is 12.3. The first-order valence-corrected chi connectivity index (χ1v) is 7.48. The molecule has 0 saturated carbocycles. The van der Waals surface area contributed by atoms with E-state index in [9.17, 15) is 8.42 Å². The summed E-state index contributed by atoms with van der Waals surface area (Å²) in [6, 6.07) is 8.20. The number of aliphatic hydroxyl groups is 1. The van der Waals surface area contributed by atoms with Crippen molar-refractivity contribution in [2.24, 2.45) is 0 Å². The van der Waals surface area contributed by atoms with Gasteiger partial charge in [0.05, 0.1) is 23.7 Å². The predicted octanol–water partition coefficient (Wildman–Crippen LogP) is 0.756. The van der Waals surface area contributed by atoms with E-state index in [0.717, 1.165) is 0 Å². The molecule has 0 aliphatic rings. The van der Waals surface area contributed by atoms with Crippen molar-refractivity contribution in [3.05, 3.63) is 53.3 Å². The molecule has 106 valence electrons. The predicted molar refractivity (Wildman–Crippen MR) is 73.2 cm³/mol. The molecule has 0 aliphatic heterocycles. The average Bonchev–Trinajstić information content (AvgIpc) is 2.47. The van der Waals surface area contributed by atoms with Gasteiger partial charge in [-0.25, -0.2) is 13.1 Å². The Labute approximate surface area is 117 Å². The highest BCUT2D eigenvalue weighted by Crippen LogP contribution is 2.17. The number of aryl methyl sites for hydroxylation is 1. The van der Waals surface area contributed by atoms with Gasteiger partial charge in [0, 0.05) is 6.20 Å². The van der Waals surface area contributed by atoms with Crippen molar-refractivity contribution in [3.8, 4) is 0 Å². The molecule has 1 aromatic heterocycles. The Kier molecular flexibility index (Phi) is 4.43. The van der Waals surface area contributed by atoms with Crippen LogP contribution in [0.3, 0.4) is 0 Å². The molecular formula is C13H15N3O3S. The van der Waals surface area contributed by atoms with Gasteiger partial charge in [-0.15, -0.1) is 0 Å². The number of nitrogens with zero attached hydrogens (tertiary/aromatic N) is 2. The number of benzene rings is 1. The number of rotatable bonds is 5. The van der Waals surface area contributed by atoms with Gasteiger partial charge in [-0.05, 0) is 36.2 Å². The van der Waals surface area contributed by atoms with E-state index in [1.165, 1.54) is 12.3 Å². The fourth-order valence-electron chi connectivity index (χ4n) is 1.71. The largest absolute Gasteiger partial charge is 0.392 e. The van der Waals surface area contributed by atoms with E-state index < -0.39 is 10.0 Å². The summed E-state index contributed by atoms with van der Waals surface area (Å²) >= 11 is 0. The second-order valence-electron chi connectivity index (χ2n) is 4.30. The molecule has 0 radical (unpaired) electrons. The number of aliphatic hydroxyl groups excluding tert-OH is 1. The third kappa shape index (κ3) is 3.38. The fraction of sp³-hybridized carbons (Fsp3) is 0.231. The molecule has 7 heteroatoms. The quantitative estimate of drug-likeness (QED) is 0.849. The summed E-state index contributed by atoms with van der Waals surface area (Å²) in [6.07, 6.45) is 1.52. The van der Waals surface area contributed by atoms with Crippen molar-refractivity contribution in [1.82, 2.24) is 14.9 Å². The van der Waals surface area contributed by atoms with Gasteiger partial charge in [-0.3, -0.25) is 0 Å². The normalized spacial score (nSPS) is 11.5. The molecule has 0 atom stereocenters. The second kappa shape index (κ2) is 6.08. The van der Waals surface area contributed by atoms with Crippen molar-refractivity contribution < 1.29 is 13.5 Å². The molecule has 0 aliphatic carbocycles. The number of aromatic nitrogens is 2. The first-order valence-electron chi connectivity index (χ1n) is 5.99. The van der Waals surface area contributed by atoms with Gasteiger partial charge in [0.2, 0.25) is 10.0 Å². The minimum absolute atomic E-state index is 0.0684. The van der Waals surface area contributed by atoms with E-state index in [-0.39, 0.29) is 18.0 Å². The third-order valence-corrected chi connectivity index (χ3v) is 4.34. The Morgan fingerprint density at radius 2 is 2.10 bits per heavy atom. The summed E-state index contributed by atoms with van der Waals surface area (Å²) in [5.41, 5.74) is 1.70. The van der Waals surface area contributed by atoms with Crippen LogP contribution in [0.15, 0.2) is 41.4 Å². The van der Waals surface area contributed by atoms with E-state index in [1.807, 2.05) is 0 Å². The van der Waals surface area contributed by atoms with Gasteiger partial charge in [0.15, 0.2) is 0 Å². The lowest BCUT2D eigenvalue weighted by atomic mass is 10.2. The van der Waals surface area contributed by atoms with E-state index in [1.54, 1.807) is 31.2 Å². The maximum Gasteiger partial charge on any atom is 0.241 e. The van der Waals surface area contributed by atoms with Crippen LogP contribution in [-0.4, -0.2) is 23.7 Å². The van der Waals surface area contributed by atoms with Crippen LogP contribution < -0.4 is 4.72 Å². The SMILES string of the molecule is Cc1ccc(CO)cc1S(=O)(=O)NCc1cccnn1. The molecule has 2 rings (SSSR count). The topological polar surface area (TPSA) is 92.2 Å². The lowest BCUT2D eigenvalue weighted by molar-refractivity contribution is 0.281. The lowest BCUT2D eigenvalue weighted by Crippen LogP contribution is -2.24. The molecule has 0 bridgehead atoms. The molecule has 0 saturated heterocycles. The summed E-state index contributed by atoms with van der Waals surface area (Å²) in [7, 11) is -3.65. The smallest absolute Gasteiger partial charge is 0.241 e. The van der Waals surface area contributed by atoms with Crippen molar-refractivity contribution in [2.75, 3.05) is 0 Å². The van der Waals surface area contributed by atoms with Crippen LogP contribution in [0, 0.1) is 6.92 Å². The van der Waals surface area contributed by atoms with Crippen molar-refractivity contribution in [1.29, 1.82) is 0 Å². The molecule has 0 amide bonds. The first-order chi connectivity index (χ1) is 9.53. The van der Waals surface area contributed by atoms with E-state index >= 15 is 0 Å². The van der Waals surface area contributed by atoms with Crippen molar-refractivity contribution in [2.45, 2.75) is 25.0 Å². The Morgan fingerprint density at radius 1 is 1.30 bits per heavy atom. The van der Waals surface area contributed by atoms with Gasteiger partial charge in [-0.2, -0.15) is 10.2 Å². The number of sulfonamides is 1. The molecule has 1 heterocycles. The molecule has 1 aromatic carbocycles. The zero-order valence-electron chi connectivity index (χ0n) is 10.9. The molecule has 6 nitrogen and oxygen atoms in total. The van der Waals surface area contributed by atoms with E-state index in [2.05, 4.69) is 14.9 Å². The summed E-state index contributed by atoms with van der Waals surface area (Å²) < 4.78 is 27.0. The van der Waals surface area contributed by atoms with Crippen LogP contribution in [0.5, 0.6) is 0 Å². The lowest BCUT2D eigenvalue weighted by Gasteiger charge is -2.10.